The molecule has 0 unspecified atom stereocenters. The molecule has 38 heteroatoms. The van der Waals surface area contributed by atoms with Crippen molar-refractivity contribution in [1.82, 2.24) is 105 Å². The maximum Gasteiger partial charge on any atom is 0.309 e. The third kappa shape index (κ3) is 21.7. The quantitative estimate of drug-likeness (QED) is 0.0347. The number of ether oxygens (including phenoxy) is 3. The Labute approximate surface area is 756 Å². The predicted molar refractivity (Wildman–Crippen MR) is 486 cm³/mol. The summed E-state index contributed by atoms with van der Waals surface area (Å²) in [5.74, 6) is -2.81. The van der Waals surface area contributed by atoms with Gasteiger partial charge in [0.2, 0.25) is 11.4 Å². The van der Waals surface area contributed by atoms with Gasteiger partial charge in [0.25, 0.3) is 0 Å². The number of halogens is 9. The summed E-state index contributed by atoms with van der Waals surface area (Å²) in [6, 6.07) is 63.2. The maximum absolute atomic E-state index is 13.4. The highest BCUT2D eigenvalue weighted by molar-refractivity contribution is 6.30. The molecular formula is C95H68Cl2F7N21O8. The fourth-order valence-electron chi connectivity index (χ4n) is 13.6. The van der Waals surface area contributed by atoms with E-state index < -0.39 is 17.9 Å². The second-order valence-electron chi connectivity index (χ2n) is 29.0. The molecule has 0 amide bonds. The monoisotopic (exact) mass is 1830 g/mol. The minimum atomic E-state index is -0.446. The van der Waals surface area contributed by atoms with Crippen LogP contribution in [-0.4, -0.2) is 129 Å². The number of nitrogens with one attached hydrogen (secondary N) is 5. The summed E-state index contributed by atoms with van der Waals surface area (Å²) in [5, 5.41) is 41.6. The number of aryl methyl sites for hydroxylation is 3. The van der Waals surface area contributed by atoms with E-state index >= 15 is 0 Å². The molecule has 21 aromatic rings. The van der Waals surface area contributed by atoms with Crippen LogP contribution in [0.25, 0.3) is 156 Å². The van der Waals surface area contributed by atoms with Gasteiger partial charge in [0, 0.05) is 112 Å². The third-order valence-electron chi connectivity index (χ3n) is 19.4. The van der Waals surface area contributed by atoms with E-state index in [1.54, 1.807) is 174 Å². The van der Waals surface area contributed by atoms with Crippen molar-refractivity contribution in [3.63, 3.8) is 0 Å². The van der Waals surface area contributed by atoms with Gasteiger partial charge in [-0.2, -0.15) is 35.7 Å². The number of carbonyl (C=O) groups is 4. The minimum Gasteiger partial charge on any atom is -0.425 e. The molecule has 0 saturated heterocycles. The van der Waals surface area contributed by atoms with E-state index in [1.165, 1.54) is 131 Å². The molecule has 14 aromatic heterocycles. The second kappa shape index (κ2) is 40.0. The largest absolute Gasteiger partial charge is 0.425 e. The molecule has 0 radical (unpaired) electrons. The van der Waals surface area contributed by atoms with Crippen molar-refractivity contribution in [1.29, 1.82) is 0 Å². The molecule has 0 saturated carbocycles. The fourth-order valence-corrected chi connectivity index (χ4v) is 13.9. The number of nitrogens with zero attached hydrogens (tertiary/aromatic N) is 16. The van der Waals surface area contributed by atoms with Crippen LogP contribution in [0.5, 0.6) is 17.4 Å². The lowest BCUT2D eigenvalue weighted by Gasteiger charge is -2.01. The molecular weight excluding hydrogens is 1770 g/mol. The highest BCUT2D eigenvalue weighted by Gasteiger charge is 2.21. The van der Waals surface area contributed by atoms with Gasteiger partial charge in [0.05, 0.1) is 56.5 Å². The summed E-state index contributed by atoms with van der Waals surface area (Å²) < 4.78 is 113. The Kier molecular flexibility index (Phi) is 27.3. The van der Waals surface area contributed by atoms with E-state index in [0.717, 1.165) is 16.6 Å². The Morgan fingerprint density at radius 2 is 0.669 bits per heavy atom. The van der Waals surface area contributed by atoms with E-state index in [0.29, 0.717) is 167 Å². The maximum atomic E-state index is 13.4. The standard InChI is InChI=1S/2C15H12FN3O2.C14H10FN3O2.C14H10FN3O.C13H9ClFN3.C12H7ClFN3.C12H8FN3O/c1-9(20)21-12-7-13-15(17-8-12)14(18-19(13)2)10-4-3-5-11(16)6-10;1-9(20)21-13-7-6-12-15(17-13)14(18-19(12)2)10-4-3-5-11(16)8-10;1-8(19)20-11-6-12-14(16-7-11)13(18-17-12)9-3-2-4-10(15)5-9;1-8(19)11-5-6-12-14(16-11)13(18-17-12)9-3-2-4-10(15)7-9;1-18-10-5-6-11(14)16-13(10)12(17-18)8-3-2-4-9(15)7-8;13-10-5-4-9-12(15-10)11(17-16-9)7-2-1-3-8(14)6-7;13-8-3-1-2-7(6-8)11-12-9(15-16-11)4-5-10(17)14-12/h2*3-8H,1-2H3;2-7H,1H3,(H,17,18);2-7H,1H3,(H,17,18);2-7H,1H3;1-6H,(H,16,17);1-6H,(H,14,17)(H,15,16). The number of pyridine rings is 7. The van der Waals surface area contributed by atoms with Crippen LogP contribution in [0.15, 0.2) is 260 Å². The van der Waals surface area contributed by atoms with Crippen LogP contribution in [0.2, 0.25) is 10.3 Å². The number of esters is 3. The van der Waals surface area contributed by atoms with Crippen LogP contribution in [0.4, 0.5) is 30.7 Å². The molecule has 664 valence electrons. The van der Waals surface area contributed by atoms with Crippen LogP contribution in [0.1, 0.15) is 38.2 Å². The van der Waals surface area contributed by atoms with E-state index in [-0.39, 0.29) is 57.9 Å². The van der Waals surface area contributed by atoms with Gasteiger partial charge < -0.3 is 19.2 Å². The van der Waals surface area contributed by atoms with Crippen LogP contribution in [0.3, 0.4) is 0 Å². The van der Waals surface area contributed by atoms with Gasteiger partial charge in [-0.25, -0.2) is 60.6 Å². The average molecular weight is 1840 g/mol. The lowest BCUT2D eigenvalue weighted by molar-refractivity contribution is -0.133. The molecule has 0 atom stereocenters. The van der Waals surface area contributed by atoms with Gasteiger partial charge in [-0.1, -0.05) is 108 Å². The van der Waals surface area contributed by atoms with Gasteiger partial charge in [-0.05, 0) is 133 Å². The average Bonchev–Trinajstić information content (AvgIpc) is 1.65. The molecule has 0 fully saturated rings. The zero-order valence-electron chi connectivity index (χ0n) is 70.6. The molecule has 7 aromatic carbocycles. The van der Waals surface area contributed by atoms with Crippen LogP contribution in [0, 0.1) is 40.7 Å². The molecule has 133 heavy (non-hydrogen) atoms. The number of hydrogen-bond acceptors (Lipinski definition) is 21. The van der Waals surface area contributed by atoms with Crippen molar-refractivity contribution in [2.75, 3.05) is 0 Å². The molecule has 5 N–H and O–H groups in total. The number of rotatable bonds is 11. The van der Waals surface area contributed by atoms with Crippen LogP contribution < -0.4 is 19.8 Å². The summed E-state index contributed by atoms with van der Waals surface area (Å²) in [6.07, 6.45) is 2.89. The lowest BCUT2D eigenvalue weighted by atomic mass is 10.1. The number of fused-ring (bicyclic) bond motifs is 7. The summed E-state index contributed by atoms with van der Waals surface area (Å²) in [7, 11) is 5.35. The predicted octanol–water partition coefficient (Wildman–Crippen LogP) is 20.0. The highest BCUT2D eigenvalue weighted by Crippen LogP contribution is 2.35. The van der Waals surface area contributed by atoms with Crippen molar-refractivity contribution < 1.29 is 64.1 Å². The first-order valence-electron chi connectivity index (χ1n) is 39.8. The molecule has 0 aliphatic carbocycles. The molecule has 21 rings (SSSR count). The highest BCUT2D eigenvalue weighted by atomic mass is 35.5. The summed E-state index contributed by atoms with van der Waals surface area (Å²) >= 11 is 11.7. The molecule has 0 bridgehead atoms. The zero-order valence-corrected chi connectivity index (χ0v) is 72.1. The first-order chi connectivity index (χ1) is 64.0. The van der Waals surface area contributed by atoms with Crippen molar-refractivity contribution in [3.05, 3.63) is 322 Å². The summed E-state index contributed by atoms with van der Waals surface area (Å²) in [5.41, 5.74) is 18.0. The van der Waals surface area contributed by atoms with Crippen molar-refractivity contribution in [2.24, 2.45) is 21.1 Å². The van der Waals surface area contributed by atoms with Gasteiger partial charge in [-0.3, -0.25) is 58.4 Å². The Bertz CT molecular complexity index is 8050. The van der Waals surface area contributed by atoms with Crippen molar-refractivity contribution in [2.45, 2.75) is 27.7 Å². The Morgan fingerprint density at radius 1 is 0.323 bits per heavy atom. The number of H-pyrrole nitrogens is 5. The van der Waals surface area contributed by atoms with Crippen molar-refractivity contribution in [3.8, 4) is 96.2 Å². The first kappa shape index (κ1) is 90.6. The number of benzene rings is 7. The number of hydrogen-bond donors (Lipinski definition) is 5. The van der Waals surface area contributed by atoms with E-state index in [4.69, 9.17) is 37.4 Å². The normalized spacial score (nSPS) is 10.9. The van der Waals surface area contributed by atoms with E-state index in [2.05, 4.69) is 91.0 Å². The van der Waals surface area contributed by atoms with E-state index in [1.807, 2.05) is 13.1 Å². The Hall–Kier alpha value is -17.2. The Balaban J connectivity index is 0.000000119. The second-order valence-corrected chi connectivity index (χ2v) is 29.7. The Morgan fingerprint density at radius 3 is 1.12 bits per heavy atom. The number of carbonyl (C=O) groups excluding carboxylic acids is 4. The number of ketones is 1. The van der Waals surface area contributed by atoms with Crippen molar-refractivity contribution >= 4 is 124 Å². The van der Waals surface area contributed by atoms with Crippen LogP contribution >= 0.6 is 23.2 Å². The molecule has 0 aliphatic heterocycles. The summed E-state index contributed by atoms with van der Waals surface area (Å²) in [4.78, 5) is 83.7. The van der Waals surface area contributed by atoms with Crippen LogP contribution in [-0.2, 0) is 35.5 Å². The zero-order chi connectivity index (χ0) is 93.8. The van der Waals surface area contributed by atoms with Gasteiger partial charge in [0.15, 0.2) is 17.3 Å². The van der Waals surface area contributed by atoms with E-state index in [9.17, 15) is 54.7 Å². The van der Waals surface area contributed by atoms with Gasteiger partial charge in [-0.15, -0.1) is 0 Å². The minimum absolute atomic E-state index is 0.117. The SMILES string of the molecule is CC(=O)Oc1ccc2c(n1)c(-c1cccc(F)c1)nn2C.CC(=O)Oc1cnc2c(-c3cccc(F)c3)n[nH]c2c1.CC(=O)Oc1cnc2c(-c3cccc(F)c3)nn(C)c2c1.CC(=O)c1ccc2[nH]nc(-c3cccc(F)c3)c2n1.Cn1nc(-c2cccc(F)c2)c2nc(Cl)ccc21.Fc1cccc(-c2n[nH]c3ccc(Cl)nc23)c1.O=c1ccc2[nH]nc(-c3cccc(F)c3)c2[nH]1. The number of Topliss-reactive ketones (excluding diaryl/α,β-unsaturated/α-hetero) is 1. The molecule has 29 nitrogen and oxygen atoms in total. The molecule has 0 aliphatic rings. The topological polar surface area (TPSA) is 374 Å². The molecule has 14 heterocycles. The molecule has 0 spiro atoms. The summed E-state index contributed by atoms with van der Waals surface area (Å²) in [6.45, 7) is 5.40. The third-order valence-corrected chi connectivity index (χ3v) is 19.8. The number of aromatic nitrogens is 21. The van der Waals surface area contributed by atoms with Gasteiger partial charge >= 0.3 is 17.9 Å². The smallest absolute Gasteiger partial charge is 0.309 e. The fraction of sp³-hybridized carbons (Fsp3) is 0.0737. The van der Waals surface area contributed by atoms with Gasteiger partial charge in [0.1, 0.15) is 130 Å². The first-order valence-corrected chi connectivity index (χ1v) is 40.6. The lowest BCUT2D eigenvalue weighted by Crippen LogP contribution is -2.02. The number of aromatic amines is 5.